The lowest BCUT2D eigenvalue weighted by Gasteiger charge is -2.20. The molecule has 7 nitrogen and oxygen atoms in total. The number of hydrogen-bond acceptors (Lipinski definition) is 5. The van der Waals surface area contributed by atoms with E-state index in [4.69, 9.17) is 4.74 Å². The van der Waals surface area contributed by atoms with E-state index in [2.05, 4.69) is 16.9 Å². The molecule has 1 aromatic rings. The molecule has 1 aromatic heterocycles. The van der Waals surface area contributed by atoms with Crippen LogP contribution in [0.2, 0.25) is 0 Å². The summed E-state index contributed by atoms with van der Waals surface area (Å²) < 4.78 is 4.70. The third kappa shape index (κ3) is 3.99. The van der Waals surface area contributed by atoms with E-state index in [1.165, 1.54) is 13.3 Å². The largest absolute Gasteiger partial charge is 0.375 e. The molecule has 1 N–H and O–H groups in total. The molecule has 0 aliphatic rings. The third-order valence-corrected chi connectivity index (χ3v) is 2.26. The maximum absolute atomic E-state index is 11.7. The fourth-order valence-electron chi connectivity index (χ4n) is 1.46. The Balaban J connectivity index is 3.08. The standard InChI is InChI=1S/C13H14N3O4/c1-3-12(19)16(7-8-17)13-10(5-4-6-14-13)15-11(18)9-20-2/h3-6H,1,7,9H2,2H3,(H,15,18). The highest BCUT2D eigenvalue weighted by Gasteiger charge is 2.18. The molecule has 0 unspecified atom stereocenters. The van der Waals surface area contributed by atoms with Gasteiger partial charge < -0.3 is 10.1 Å². The van der Waals surface area contributed by atoms with E-state index in [0.29, 0.717) is 5.69 Å². The molecule has 0 saturated heterocycles. The summed E-state index contributed by atoms with van der Waals surface area (Å²) in [6, 6.07) is 3.15. The first-order valence-corrected chi connectivity index (χ1v) is 5.66. The van der Waals surface area contributed by atoms with Crippen molar-refractivity contribution in [2.45, 2.75) is 0 Å². The Hall–Kier alpha value is -2.54. The molecule has 2 amide bonds. The van der Waals surface area contributed by atoms with Crippen LogP contribution in [-0.4, -0.2) is 43.3 Å². The zero-order chi connectivity index (χ0) is 15.0. The molecule has 0 spiro atoms. The number of rotatable bonds is 7. The van der Waals surface area contributed by atoms with Gasteiger partial charge in [0.05, 0.1) is 12.2 Å². The van der Waals surface area contributed by atoms with Crippen LogP contribution in [0.25, 0.3) is 0 Å². The average Bonchev–Trinajstić information content (AvgIpc) is 2.45. The molecule has 0 atom stereocenters. The number of nitrogens with zero attached hydrogens (tertiary/aromatic N) is 2. The fraction of sp³-hybridized carbons (Fsp3) is 0.231. The van der Waals surface area contributed by atoms with E-state index in [0.717, 1.165) is 11.0 Å². The molecule has 1 rings (SSSR count). The van der Waals surface area contributed by atoms with Gasteiger partial charge in [-0.05, 0) is 18.2 Å². The summed E-state index contributed by atoms with van der Waals surface area (Å²) in [5.74, 6) is -0.776. The van der Waals surface area contributed by atoms with Crippen molar-refractivity contribution in [2.75, 3.05) is 30.5 Å². The van der Waals surface area contributed by atoms with Gasteiger partial charge in [-0.1, -0.05) is 6.58 Å². The molecule has 1 heterocycles. The summed E-state index contributed by atoms with van der Waals surface area (Å²) in [6.07, 6.45) is 4.11. The van der Waals surface area contributed by atoms with Gasteiger partial charge in [-0.15, -0.1) is 0 Å². The molecule has 0 aliphatic heterocycles. The Morgan fingerprint density at radius 2 is 2.35 bits per heavy atom. The zero-order valence-electron chi connectivity index (χ0n) is 11.0. The highest BCUT2D eigenvalue weighted by Crippen LogP contribution is 2.22. The first-order chi connectivity index (χ1) is 9.63. The SMILES string of the molecule is C=CC(=O)N(C[C]=O)c1ncccc1NC(=O)COC. The molecular weight excluding hydrogens is 262 g/mol. The highest BCUT2D eigenvalue weighted by molar-refractivity contribution is 6.05. The molecule has 0 saturated carbocycles. The van der Waals surface area contributed by atoms with Gasteiger partial charge in [-0.3, -0.25) is 19.3 Å². The summed E-state index contributed by atoms with van der Waals surface area (Å²) in [4.78, 5) is 38.9. The minimum Gasteiger partial charge on any atom is -0.375 e. The lowest BCUT2D eigenvalue weighted by Crippen LogP contribution is -2.33. The number of carbonyl (C=O) groups excluding carboxylic acids is 3. The summed E-state index contributed by atoms with van der Waals surface area (Å²) >= 11 is 0. The third-order valence-electron chi connectivity index (χ3n) is 2.26. The second-order valence-corrected chi connectivity index (χ2v) is 3.63. The number of pyridine rings is 1. The summed E-state index contributed by atoms with van der Waals surface area (Å²) in [6.45, 7) is 2.91. The predicted octanol–water partition coefficient (Wildman–Crippen LogP) is 0.295. The smallest absolute Gasteiger partial charge is 0.252 e. The van der Waals surface area contributed by atoms with Crippen molar-refractivity contribution in [1.82, 2.24) is 4.98 Å². The number of hydrogen-bond donors (Lipinski definition) is 1. The number of anilines is 2. The van der Waals surface area contributed by atoms with Crippen LogP contribution in [0, 0.1) is 0 Å². The van der Waals surface area contributed by atoms with Crippen molar-refractivity contribution in [2.24, 2.45) is 0 Å². The van der Waals surface area contributed by atoms with Gasteiger partial charge in [0.2, 0.25) is 12.2 Å². The van der Waals surface area contributed by atoms with Crippen LogP contribution in [-0.2, 0) is 19.1 Å². The first-order valence-electron chi connectivity index (χ1n) is 5.66. The molecule has 0 aromatic carbocycles. The Morgan fingerprint density at radius 1 is 1.60 bits per heavy atom. The Morgan fingerprint density at radius 3 is 2.95 bits per heavy atom. The summed E-state index contributed by atoms with van der Waals surface area (Å²) in [5, 5.41) is 2.54. The molecule has 0 bridgehead atoms. The minimum absolute atomic E-state index is 0.135. The van der Waals surface area contributed by atoms with Crippen LogP contribution in [0.1, 0.15) is 0 Å². The van der Waals surface area contributed by atoms with E-state index in [-0.39, 0.29) is 19.0 Å². The van der Waals surface area contributed by atoms with Gasteiger partial charge in [0.15, 0.2) is 5.82 Å². The molecule has 0 aliphatic carbocycles. The second-order valence-electron chi connectivity index (χ2n) is 3.63. The number of methoxy groups -OCH3 is 1. The molecule has 7 heteroatoms. The second kappa shape index (κ2) is 7.80. The van der Waals surface area contributed by atoms with Crippen LogP contribution >= 0.6 is 0 Å². The number of carbonyl (C=O) groups is 2. The van der Waals surface area contributed by atoms with Gasteiger partial charge in [0.25, 0.3) is 5.91 Å². The van der Waals surface area contributed by atoms with Crippen molar-refractivity contribution < 1.29 is 19.1 Å². The van der Waals surface area contributed by atoms with Gasteiger partial charge in [-0.2, -0.15) is 0 Å². The summed E-state index contributed by atoms with van der Waals surface area (Å²) in [7, 11) is 1.39. The fourth-order valence-corrected chi connectivity index (χ4v) is 1.46. The van der Waals surface area contributed by atoms with Crippen LogP contribution in [0.15, 0.2) is 31.0 Å². The average molecular weight is 276 g/mol. The molecule has 1 radical (unpaired) electrons. The van der Waals surface area contributed by atoms with Crippen LogP contribution in [0.3, 0.4) is 0 Å². The number of ether oxygens (including phenoxy) is 1. The highest BCUT2D eigenvalue weighted by atomic mass is 16.5. The van der Waals surface area contributed by atoms with E-state index in [9.17, 15) is 14.4 Å². The normalized spacial score (nSPS) is 9.65. The van der Waals surface area contributed by atoms with Crippen molar-refractivity contribution in [3.63, 3.8) is 0 Å². The molecule has 0 fully saturated rings. The van der Waals surface area contributed by atoms with E-state index in [1.807, 2.05) is 0 Å². The van der Waals surface area contributed by atoms with Crippen LogP contribution in [0.4, 0.5) is 11.5 Å². The maximum Gasteiger partial charge on any atom is 0.252 e. The molecule has 20 heavy (non-hydrogen) atoms. The van der Waals surface area contributed by atoms with E-state index >= 15 is 0 Å². The topological polar surface area (TPSA) is 88.6 Å². The molecular formula is C13H14N3O4. The van der Waals surface area contributed by atoms with Crippen molar-refractivity contribution in [3.05, 3.63) is 31.0 Å². The van der Waals surface area contributed by atoms with Gasteiger partial charge >= 0.3 is 0 Å². The van der Waals surface area contributed by atoms with E-state index in [1.54, 1.807) is 18.4 Å². The first kappa shape index (κ1) is 15.5. The van der Waals surface area contributed by atoms with Crippen LogP contribution in [0.5, 0.6) is 0 Å². The zero-order valence-corrected chi connectivity index (χ0v) is 11.0. The monoisotopic (exact) mass is 276 g/mol. The number of nitrogens with one attached hydrogen (secondary N) is 1. The summed E-state index contributed by atoms with van der Waals surface area (Å²) in [5.41, 5.74) is 0.292. The lowest BCUT2D eigenvalue weighted by atomic mass is 10.3. The van der Waals surface area contributed by atoms with Crippen molar-refractivity contribution in [3.8, 4) is 0 Å². The number of amides is 2. The quantitative estimate of drug-likeness (QED) is 0.723. The molecule has 105 valence electrons. The van der Waals surface area contributed by atoms with Gasteiger partial charge in [0.1, 0.15) is 6.61 Å². The maximum atomic E-state index is 11.7. The Labute approximate surface area is 116 Å². The van der Waals surface area contributed by atoms with Gasteiger partial charge in [-0.25, -0.2) is 4.98 Å². The van der Waals surface area contributed by atoms with Crippen molar-refractivity contribution in [1.29, 1.82) is 0 Å². The lowest BCUT2D eigenvalue weighted by molar-refractivity contribution is -0.119. The van der Waals surface area contributed by atoms with Crippen molar-refractivity contribution >= 4 is 29.6 Å². The van der Waals surface area contributed by atoms with Gasteiger partial charge in [0, 0.05) is 13.3 Å². The minimum atomic E-state index is -0.519. The number of aromatic nitrogens is 1. The Kier molecular flexibility index (Phi) is 6.05. The Bertz CT molecular complexity index is 516. The van der Waals surface area contributed by atoms with Crippen LogP contribution < -0.4 is 10.2 Å². The predicted molar refractivity (Wildman–Crippen MR) is 73.0 cm³/mol. The van der Waals surface area contributed by atoms with E-state index < -0.39 is 11.8 Å².